The zero-order valence-electron chi connectivity index (χ0n) is 8.71. The van der Waals surface area contributed by atoms with Gasteiger partial charge in [-0.3, -0.25) is 0 Å². The lowest BCUT2D eigenvalue weighted by Crippen LogP contribution is -2.21. The molecular formula is C8H19O3P. The summed E-state index contributed by atoms with van der Waals surface area (Å²) in [7, 11) is -1.76. The van der Waals surface area contributed by atoms with Crippen LogP contribution in [0.5, 0.6) is 0 Å². The first-order chi connectivity index (χ1) is 5.10. The molecule has 0 aliphatic rings. The Bertz CT molecular complexity index is 118. The highest BCUT2D eigenvalue weighted by Crippen LogP contribution is 2.41. The van der Waals surface area contributed by atoms with Crippen molar-refractivity contribution in [2.45, 2.75) is 52.7 Å². The molecule has 0 heterocycles. The van der Waals surface area contributed by atoms with E-state index in [-0.39, 0.29) is 11.2 Å². The normalized spacial score (nSPS) is 14.0. The predicted molar refractivity (Wildman–Crippen MR) is 50.8 cm³/mol. The highest BCUT2D eigenvalue weighted by atomic mass is 31.2. The Balaban J connectivity index is 3.83. The molecule has 3 nitrogen and oxygen atoms in total. The van der Waals surface area contributed by atoms with Crippen molar-refractivity contribution < 1.29 is 13.9 Å². The van der Waals surface area contributed by atoms with Gasteiger partial charge < -0.3 is 13.9 Å². The summed E-state index contributed by atoms with van der Waals surface area (Å²) in [5.74, 6) is 0. The Morgan fingerprint density at radius 3 is 1.25 bits per heavy atom. The van der Waals surface area contributed by atoms with Gasteiger partial charge in [0.1, 0.15) is 0 Å². The SMILES string of the molecule is CC(C)(C)OP(O)OC(C)(C)C. The molecule has 0 spiro atoms. The fraction of sp³-hybridized carbons (Fsp3) is 1.00. The monoisotopic (exact) mass is 194 g/mol. The molecule has 0 aromatic rings. The van der Waals surface area contributed by atoms with Gasteiger partial charge in [0.05, 0.1) is 11.2 Å². The third-order valence-corrected chi connectivity index (χ3v) is 2.11. The second-order valence-corrected chi connectivity index (χ2v) is 5.49. The topological polar surface area (TPSA) is 38.7 Å². The van der Waals surface area contributed by atoms with Crippen LogP contribution in [0.4, 0.5) is 0 Å². The minimum absolute atomic E-state index is 0.355. The molecule has 1 N–H and O–H groups in total. The average Bonchev–Trinajstić information content (AvgIpc) is 1.49. The van der Waals surface area contributed by atoms with Gasteiger partial charge in [0, 0.05) is 0 Å². The molecular weight excluding hydrogens is 175 g/mol. The highest BCUT2D eigenvalue weighted by molar-refractivity contribution is 7.40. The standard InChI is InChI=1S/C8H19O3P/c1-7(2,3)10-12(9)11-8(4,5)6/h9H,1-6H3. The third kappa shape index (κ3) is 8.41. The maximum atomic E-state index is 9.34. The molecule has 0 aliphatic heterocycles. The lowest BCUT2D eigenvalue weighted by molar-refractivity contribution is 0.0473. The number of rotatable bonds is 2. The zero-order valence-corrected chi connectivity index (χ0v) is 9.61. The molecule has 0 aromatic carbocycles. The fourth-order valence-corrected chi connectivity index (χ4v) is 1.46. The van der Waals surface area contributed by atoms with Crippen LogP contribution < -0.4 is 0 Å². The molecule has 74 valence electrons. The Morgan fingerprint density at radius 2 is 1.08 bits per heavy atom. The van der Waals surface area contributed by atoms with E-state index in [1.165, 1.54) is 0 Å². The second-order valence-electron chi connectivity index (χ2n) is 4.65. The third-order valence-electron chi connectivity index (χ3n) is 0.704. The molecule has 12 heavy (non-hydrogen) atoms. The minimum atomic E-state index is -1.76. The van der Waals surface area contributed by atoms with E-state index in [2.05, 4.69) is 0 Å². The Kier molecular flexibility index (Phi) is 4.12. The molecule has 0 bridgehead atoms. The van der Waals surface area contributed by atoms with Gasteiger partial charge in [0.15, 0.2) is 0 Å². The van der Waals surface area contributed by atoms with Crippen molar-refractivity contribution >= 4 is 8.60 Å². The zero-order chi connectivity index (χ0) is 9.99. The summed E-state index contributed by atoms with van der Waals surface area (Å²) in [6.07, 6.45) is 0. The summed E-state index contributed by atoms with van der Waals surface area (Å²) in [5.41, 5.74) is -0.711. The molecule has 0 saturated heterocycles. The minimum Gasteiger partial charge on any atom is -0.328 e. The maximum Gasteiger partial charge on any atom is 0.330 e. The lowest BCUT2D eigenvalue weighted by Gasteiger charge is -2.27. The number of hydrogen-bond acceptors (Lipinski definition) is 3. The van der Waals surface area contributed by atoms with E-state index in [0.29, 0.717) is 0 Å². The molecule has 0 aliphatic carbocycles. The molecule has 0 radical (unpaired) electrons. The van der Waals surface area contributed by atoms with E-state index in [1.807, 2.05) is 41.5 Å². The van der Waals surface area contributed by atoms with Crippen molar-refractivity contribution in [1.82, 2.24) is 0 Å². The molecule has 0 rings (SSSR count). The van der Waals surface area contributed by atoms with E-state index in [9.17, 15) is 4.89 Å². The lowest BCUT2D eigenvalue weighted by atomic mass is 10.2. The summed E-state index contributed by atoms with van der Waals surface area (Å²) in [5, 5.41) is 0. The summed E-state index contributed by atoms with van der Waals surface area (Å²) in [6.45, 7) is 11.3. The first kappa shape index (κ1) is 12.3. The van der Waals surface area contributed by atoms with Crippen molar-refractivity contribution in [3.63, 3.8) is 0 Å². The van der Waals surface area contributed by atoms with Gasteiger partial charge in [-0.15, -0.1) is 0 Å². The maximum absolute atomic E-state index is 9.34. The molecule has 4 heteroatoms. The van der Waals surface area contributed by atoms with E-state index in [4.69, 9.17) is 9.05 Å². The van der Waals surface area contributed by atoms with E-state index >= 15 is 0 Å². The Morgan fingerprint density at radius 1 is 0.833 bits per heavy atom. The Hall–Kier alpha value is 0.310. The van der Waals surface area contributed by atoms with Crippen LogP contribution >= 0.6 is 8.60 Å². The van der Waals surface area contributed by atoms with Gasteiger partial charge in [-0.25, -0.2) is 0 Å². The van der Waals surface area contributed by atoms with Crippen molar-refractivity contribution in [1.29, 1.82) is 0 Å². The van der Waals surface area contributed by atoms with Crippen LogP contribution in [0, 0.1) is 0 Å². The second kappa shape index (κ2) is 4.01. The van der Waals surface area contributed by atoms with Gasteiger partial charge in [0.25, 0.3) is 0 Å². The van der Waals surface area contributed by atoms with Crippen molar-refractivity contribution in [2.24, 2.45) is 0 Å². The van der Waals surface area contributed by atoms with Crippen LogP contribution in [0.2, 0.25) is 0 Å². The fourth-order valence-electron chi connectivity index (χ4n) is 0.487. The molecule has 0 unspecified atom stereocenters. The van der Waals surface area contributed by atoms with Gasteiger partial charge in [-0.1, -0.05) is 0 Å². The summed E-state index contributed by atoms with van der Waals surface area (Å²) < 4.78 is 10.4. The molecule has 0 amide bonds. The average molecular weight is 194 g/mol. The predicted octanol–water partition coefficient (Wildman–Crippen LogP) is 2.84. The summed E-state index contributed by atoms with van der Waals surface area (Å²) in [4.78, 5) is 9.34. The van der Waals surface area contributed by atoms with Gasteiger partial charge in [0.2, 0.25) is 0 Å². The van der Waals surface area contributed by atoms with Crippen LogP contribution in [0.25, 0.3) is 0 Å². The molecule has 0 atom stereocenters. The van der Waals surface area contributed by atoms with Crippen LogP contribution in [0.15, 0.2) is 0 Å². The van der Waals surface area contributed by atoms with Gasteiger partial charge >= 0.3 is 8.60 Å². The quantitative estimate of drug-likeness (QED) is 0.687. The van der Waals surface area contributed by atoms with Crippen LogP contribution in [0.1, 0.15) is 41.5 Å². The summed E-state index contributed by atoms with van der Waals surface area (Å²) in [6, 6.07) is 0. The summed E-state index contributed by atoms with van der Waals surface area (Å²) >= 11 is 0. The Labute approximate surface area is 76.1 Å². The van der Waals surface area contributed by atoms with Gasteiger partial charge in [-0.2, -0.15) is 0 Å². The first-order valence-corrected chi connectivity index (χ1v) is 5.10. The van der Waals surface area contributed by atoms with Crippen LogP contribution in [-0.4, -0.2) is 16.1 Å². The van der Waals surface area contributed by atoms with Crippen molar-refractivity contribution in [3.8, 4) is 0 Å². The van der Waals surface area contributed by atoms with Crippen LogP contribution in [0.3, 0.4) is 0 Å². The molecule has 0 aromatic heterocycles. The highest BCUT2D eigenvalue weighted by Gasteiger charge is 2.23. The smallest absolute Gasteiger partial charge is 0.328 e. The first-order valence-electron chi connectivity index (χ1n) is 3.97. The molecule has 0 fully saturated rings. The van der Waals surface area contributed by atoms with Crippen molar-refractivity contribution in [2.75, 3.05) is 0 Å². The molecule has 0 saturated carbocycles. The van der Waals surface area contributed by atoms with E-state index < -0.39 is 8.60 Å². The number of hydrogen-bond donors (Lipinski definition) is 1. The van der Waals surface area contributed by atoms with Crippen LogP contribution in [-0.2, 0) is 9.05 Å². The van der Waals surface area contributed by atoms with E-state index in [0.717, 1.165) is 0 Å². The van der Waals surface area contributed by atoms with Gasteiger partial charge in [-0.05, 0) is 41.5 Å². The van der Waals surface area contributed by atoms with E-state index in [1.54, 1.807) is 0 Å². The van der Waals surface area contributed by atoms with Crippen molar-refractivity contribution in [3.05, 3.63) is 0 Å². The largest absolute Gasteiger partial charge is 0.330 e.